The number of aromatic nitrogens is 18. The molecular weight excluding hydrogens is 1760 g/mol. The van der Waals surface area contributed by atoms with Crippen LogP contribution in [0, 0.1) is 37.0 Å². The van der Waals surface area contributed by atoms with Gasteiger partial charge in [-0.1, -0.05) is 39.3 Å². The van der Waals surface area contributed by atoms with E-state index in [0.717, 1.165) is 41.8 Å². The van der Waals surface area contributed by atoms with Crippen molar-refractivity contribution in [3.8, 4) is 0 Å². The number of hydrogen-bond acceptors (Lipinski definition) is 30. The van der Waals surface area contributed by atoms with E-state index in [1.807, 2.05) is 13.0 Å². The number of aromatic amines is 4. The van der Waals surface area contributed by atoms with Gasteiger partial charge in [-0.3, -0.25) is 42.2 Å². The van der Waals surface area contributed by atoms with Crippen molar-refractivity contribution in [3.63, 3.8) is 0 Å². The van der Waals surface area contributed by atoms with Gasteiger partial charge in [-0.25, -0.2) is 34.9 Å². The molecule has 0 aliphatic carbocycles. The molecule has 700 valence electrons. The zero-order valence-corrected chi connectivity index (χ0v) is 79.3. The highest BCUT2D eigenvalue weighted by Crippen LogP contribution is 2.46. The van der Waals surface area contributed by atoms with Crippen LogP contribution in [0.1, 0.15) is 101 Å². The number of imidazole rings is 3. The van der Waals surface area contributed by atoms with Gasteiger partial charge in [-0.2, -0.15) is 4.98 Å². The Kier molecular flexibility index (Phi) is 33.1. The quantitative estimate of drug-likeness (QED) is 0.0320. The molecule has 5 aliphatic rings. The summed E-state index contributed by atoms with van der Waals surface area (Å²) < 4.78 is 40.0. The Balaban J connectivity index is 0.000000177. The largest absolute Gasteiger partial charge is 0.388 e. The second kappa shape index (κ2) is 40.5. The van der Waals surface area contributed by atoms with Crippen molar-refractivity contribution in [1.82, 2.24) is 87.2 Å². The van der Waals surface area contributed by atoms with Crippen LogP contribution in [0.15, 0.2) is 51.7 Å². The maximum absolute atomic E-state index is 12.3. The number of aliphatic hydroxyl groups excluding tert-OH is 10. The molecule has 0 unspecified atom stereocenters. The van der Waals surface area contributed by atoms with Crippen molar-refractivity contribution in [3.05, 3.63) is 101 Å². The van der Waals surface area contributed by atoms with Gasteiger partial charge in [0.25, 0.3) is 16.7 Å². The summed E-state index contributed by atoms with van der Waals surface area (Å²) in [5.41, 5.74) is 8.40. The van der Waals surface area contributed by atoms with Crippen LogP contribution >= 0.6 is 58.9 Å². The first-order valence-electron chi connectivity index (χ1n) is 40.5. The van der Waals surface area contributed by atoms with Gasteiger partial charge in [-0.15, -0.1) is 65.9 Å². The molecule has 5 saturated heterocycles. The van der Waals surface area contributed by atoms with E-state index < -0.39 is 157 Å². The Bertz CT molecular complexity index is 5970. The molecule has 20 atom stereocenters. The first-order chi connectivity index (χ1) is 57.6. The Hall–Kier alpha value is -6.77. The molecule has 38 nitrogen and oxygen atoms in total. The van der Waals surface area contributed by atoms with Crippen LogP contribution in [-0.2, 0) is 30.7 Å². The van der Waals surface area contributed by atoms with Gasteiger partial charge in [0.05, 0.1) is 60.3 Å². The Morgan fingerprint density at radius 1 is 0.437 bits per heavy atom. The number of nitrogens with two attached hydrogens (primary N) is 1. The summed E-state index contributed by atoms with van der Waals surface area (Å²) in [6.45, 7) is 22.1. The topological polar surface area (TPSA) is 525 Å². The maximum atomic E-state index is 12.3. The van der Waals surface area contributed by atoms with E-state index >= 15 is 0 Å². The zero-order chi connectivity index (χ0) is 91.5. The molecule has 0 saturated carbocycles. The van der Waals surface area contributed by atoms with E-state index in [-0.39, 0.29) is 48.4 Å². The molecule has 45 heteroatoms. The van der Waals surface area contributed by atoms with E-state index in [9.17, 15) is 65.4 Å². The molecule has 5 aliphatic heterocycles. The maximum Gasteiger partial charge on any atom is 0.281 e. The molecule has 126 heavy (non-hydrogen) atoms. The number of ether oxygens (including phenoxy) is 5. The van der Waals surface area contributed by atoms with Crippen LogP contribution in [0.5, 0.6) is 0 Å². The predicted octanol–water partition coefficient (Wildman–Crippen LogP) is 5.30. The SMILES string of the molecule is C.C.C=P(C)(C)CC[C@H]1O[C@@H](n2c(N)cc3c(=O)[nH]c(C)nc32)[C@H](O)[C@@H]1O.C=P(C)(C)CC[C@H]1O[C@@H](n2ccc3c(=S)nc(C)[nH]c32)[C@H](O)[C@@H]1O.C=P(C)(C)CC[C@H]1O[C@@H](n2cnc3c(=O)[nH]c(N(C)C)nc32)[C@H](O)[C@@H]1O.C=P(C)(C)CC[C@H]1O[C@@H](n2cnc3c(=O)n(C)c(C)nc32)[C@H](O)[C@@H]1O.C=P(C)(C)CC[C@H]1O[C@@H](n2cnc3c(=S)nc(C)[nH]c32)[C@H](O)[C@@H]1O. The van der Waals surface area contributed by atoms with Gasteiger partial charge in [0, 0.05) is 27.3 Å². The summed E-state index contributed by atoms with van der Waals surface area (Å²) >= 11 is 10.5. The van der Waals surface area contributed by atoms with Gasteiger partial charge in [0.1, 0.15) is 112 Å². The van der Waals surface area contributed by atoms with Crippen molar-refractivity contribution in [2.75, 3.05) is 122 Å². The smallest absolute Gasteiger partial charge is 0.281 e. The fraction of sp³-hybridized carbons (Fsp3) is 0.605. The van der Waals surface area contributed by atoms with E-state index in [0.29, 0.717) is 104 Å². The molecule has 16 N–H and O–H groups in total. The highest BCUT2D eigenvalue weighted by Gasteiger charge is 2.49. The third kappa shape index (κ3) is 23.6. The first-order valence-corrected chi connectivity index (χ1v) is 56.6. The number of H-pyrrole nitrogens is 4. The lowest BCUT2D eigenvalue weighted by molar-refractivity contribution is -0.0353. The summed E-state index contributed by atoms with van der Waals surface area (Å²) in [7, 11) is 5.15. The lowest BCUT2D eigenvalue weighted by Crippen LogP contribution is -2.32. The number of nitrogens with one attached hydrogen (secondary N) is 4. The minimum Gasteiger partial charge on any atom is -0.388 e. The Morgan fingerprint density at radius 3 is 1.22 bits per heavy atom. The fourth-order valence-electron chi connectivity index (χ4n) is 15.1. The highest BCUT2D eigenvalue weighted by atomic mass is 32.1. The minimum absolute atomic E-state index is 0. The number of fused-ring (bicyclic) bond motifs is 5. The van der Waals surface area contributed by atoms with Gasteiger partial charge in [0.15, 0.2) is 63.8 Å². The van der Waals surface area contributed by atoms with Crippen molar-refractivity contribution >= 4 is 158 Å². The van der Waals surface area contributed by atoms with Crippen LogP contribution in [0.3, 0.4) is 0 Å². The summed E-state index contributed by atoms with van der Waals surface area (Å²) in [4.78, 5) is 83.8. The molecule has 5 fully saturated rings. The summed E-state index contributed by atoms with van der Waals surface area (Å²) in [5.74, 6) is 2.94. The summed E-state index contributed by atoms with van der Waals surface area (Å²) in [6.07, 6.45) is 18.0. The molecule has 0 amide bonds. The third-order valence-corrected chi connectivity index (χ3v) is 30.1. The summed E-state index contributed by atoms with van der Waals surface area (Å²) in [6, 6.07) is 3.35. The van der Waals surface area contributed by atoms with Crippen molar-refractivity contribution < 1.29 is 74.7 Å². The lowest BCUT2D eigenvalue weighted by atomic mass is 10.1. The van der Waals surface area contributed by atoms with Crippen molar-refractivity contribution in [1.29, 1.82) is 0 Å². The number of rotatable bonds is 21. The first kappa shape index (κ1) is 103. The number of nitrogen functional groups attached to an aromatic ring is 1. The average molecular weight is 1890 g/mol. The van der Waals surface area contributed by atoms with Crippen LogP contribution in [0.4, 0.5) is 11.8 Å². The van der Waals surface area contributed by atoms with Crippen molar-refractivity contribution in [2.45, 2.75) is 197 Å². The molecule has 15 rings (SSSR count). The lowest BCUT2D eigenvalue weighted by Gasteiger charge is -2.19. The number of aliphatic hydroxyl groups is 10. The van der Waals surface area contributed by atoms with Crippen LogP contribution in [0.2, 0.25) is 0 Å². The number of hydrogen-bond donors (Lipinski definition) is 15. The average Bonchev–Trinajstić information content (AvgIpc) is 1.42. The zero-order valence-electron chi connectivity index (χ0n) is 73.2. The molecular formula is C81H131N20O18P5S2. The third-order valence-electron chi connectivity index (χ3n) is 22.1. The molecule has 10 aromatic rings. The highest BCUT2D eigenvalue weighted by molar-refractivity contribution is 7.73. The van der Waals surface area contributed by atoms with E-state index in [2.05, 4.69) is 158 Å². The standard InChI is InChI=1S/C16H26N5O4P.2C16H25N4O4P.C16H24N3O3PS.C15H23N4O3PS.2CH4/c1-20(2)16-18-13-10(14(24)19-16)17-8-21(13)15-12(23)11(22)9(25-15)6-7-26(3,4)5;1-9-18-14-11(15(23)19(9)2)17-8-20(14)16-13(22)12(21)10(24-16)6-7-25(3,4)5;1-8-18-14-9(15(23)19-8)7-11(17)20(14)16-13(22)12(21)10(24-16)5-6-25(2,3)4;1-9-17-14-10(15(24)18-9)5-7-19(14)16-13(21)12(20)11(22-16)6-8-23(2,3)4;1-8-17-13-10(14(24)18-8)16-7-19(13)15-12(21)11(20)9(22-15)5-6-23(2,3)4;;/h8-9,11-12,15,22-23H,3,6-7H2,1-2,4-5H3,(H,18,19,24);8,10,12-13,16,21-22H,3,6-7H2,1-2,4-5H3;7,10,12-13,16,21-22H,2,5-6,17H2,1,3-4H3,(H,18,19,23);5,7,11-13,16,20-21H,2,6,8H2,1,3-4H3,(H,17,18,24);7,9,11-12,15,20-21H,2,5-6H2,1,3-4H3,(H,17,18,24);2*1H4/t9-,11-,12-,15-;2*10-,12-,13-,16-;11-,12-,13-,16-;9-,11-,12-,15-;;/m11111../s1. The predicted molar refractivity (Wildman–Crippen MR) is 517 cm³/mol. The Labute approximate surface area is 742 Å². The fourth-order valence-corrected chi connectivity index (χ4v) is 20.5. The molecule has 0 bridgehead atoms. The van der Waals surface area contributed by atoms with E-state index in [4.69, 9.17) is 53.9 Å². The number of anilines is 2. The Morgan fingerprint density at radius 2 is 0.794 bits per heavy atom. The van der Waals surface area contributed by atoms with Gasteiger partial charge < -0.3 is 105 Å². The van der Waals surface area contributed by atoms with Crippen LogP contribution in [0.25, 0.3) is 55.6 Å². The number of aryl methyl sites for hydroxylation is 4. The second-order valence-electron chi connectivity index (χ2n) is 36.3. The van der Waals surface area contributed by atoms with Gasteiger partial charge in [-0.05, 0) is 169 Å². The normalized spacial score (nSPS) is 26.9. The van der Waals surface area contributed by atoms with Gasteiger partial charge in [0.2, 0.25) is 5.95 Å². The van der Waals surface area contributed by atoms with Crippen molar-refractivity contribution in [2.24, 2.45) is 7.05 Å². The second-order valence-corrected chi connectivity index (χ2v) is 58.7. The monoisotopic (exact) mass is 1890 g/mol. The van der Waals surface area contributed by atoms with Crippen LogP contribution in [-0.4, -0.2) is 373 Å². The van der Waals surface area contributed by atoms with Crippen LogP contribution < -0.4 is 27.3 Å². The minimum atomic E-state index is -1.27. The summed E-state index contributed by atoms with van der Waals surface area (Å²) in [5, 5.41) is 105. The van der Waals surface area contributed by atoms with E-state index in [1.54, 1.807) is 68.5 Å². The molecule has 0 radical (unpaired) electrons. The molecule has 0 aromatic carbocycles. The molecule has 10 aromatic heterocycles. The molecule has 0 spiro atoms. The van der Waals surface area contributed by atoms with Gasteiger partial charge >= 0.3 is 0 Å². The molecule has 15 heterocycles. The van der Waals surface area contributed by atoms with E-state index in [1.165, 1.54) is 37.0 Å². The number of nitrogens with zero attached hydrogens (tertiary/aromatic N) is 15.